The number of alkyl halides is 1. The van der Waals surface area contributed by atoms with Gasteiger partial charge in [-0.25, -0.2) is 0 Å². The number of phenolic OH excluding ortho intramolecular Hbond substituents is 3. The van der Waals surface area contributed by atoms with Crippen molar-refractivity contribution in [2.75, 3.05) is 6.54 Å². The number of hydrogen-bond acceptors (Lipinski definition) is 4. The molecular formula is C19H18BrNO3. The largest absolute Gasteiger partial charge is 0.508 e. The molecule has 2 aromatic rings. The molecule has 1 aliphatic heterocycles. The molecule has 2 unspecified atom stereocenters. The second-order valence-corrected chi connectivity index (χ2v) is 7.29. The lowest BCUT2D eigenvalue weighted by molar-refractivity contribution is 0.190. The first-order chi connectivity index (χ1) is 11.5. The highest BCUT2D eigenvalue weighted by Crippen LogP contribution is 2.51. The van der Waals surface area contributed by atoms with Crippen molar-refractivity contribution >= 4 is 15.9 Å². The Kier molecular flexibility index (Phi) is 3.58. The van der Waals surface area contributed by atoms with E-state index >= 15 is 0 Å². The van der Waals surface area contributed by atoms with E-state index in [1.807, 2.05) is 18.2 Å². The maximum Gasteiger partial charge on any atom is 0.165 e. The number of rotatable bonds is 2. The van der Waals surface area contributed by atoms with Crippen LogP contribution in [-0.2, 0) is 12.8 Å². The van der Waals surface area contributed by atoms with Crippen LogP contribution in [0.2, 0.25) is 0 Å². The Balaban J connectivity index is 1.99. The quantitative estimate of drug-likeness (QED) is 0.317. The number of hydrogen-bond donors (Lipinski definition) is 3. The molecule has 0 saturated heterocycles. The maximum atomic E-state index is 10.4. The molecule has 5 heteroatoms. The molecule has 0 saturated carbocycles. The zero-order chi connectivity index (χ0) is 17.0. The molecule has 0 amide bonds. The second-order valence-electron chi connectivity index (χ2n) is 6.35. The van der Waals surface area contributed by atoms with E-state index in [2.05, 4.69) is 27.4 Å². The minimum Gasteiger partial charge on any atom is -0.508 e. The minimum absolute atomic E-state index is 0.0598. The van der Waals surface area contributed by atoms with Crippen molar-refractivity contribution < 1.29 is 15.3 Å². The number of halogens is 1. The van der Waals surface area contributed by atoms with Gasteiger partial charge in [0, 0.05) is 18.2 Å². The topological polar surface area (TPSA) is 63.9 Å². The molecule has 4 rings (SSSR count). The predicted molar refractivity (Wildman–Crippen MR) is 96.6 cm³/mol. The van der Waals surface area contributed by atoms with Gasteiger partial charge >= 0.3 is 0 Å². The summed E-state index contributed by atoms with van der Waals surface area (Å²) in [6, 6.07) is 7.01. The van der Waals surface area contributed by atoms with Crippen LogP contribution < -0.4 is 0 Å². The molecule has 124 valence electrons. The summed E-state index contributed by atoms with van der Waals surface area (Å²) in [6.45, 7) is 4.75. The summed E-state index contributed by atoms with van der Waals surface area (Å²) >= 11 is 3.67. The van der Waals surface area contributed by atoms with Gasteiger partial charge in [0.25, 0.3) is 0 Å². The Morgan fingerprint density at radius 2 is 2.00 bits per heavy atom. The van der Waals surface area contributed by atoms with Gasteiger partial charge in [0.15, 0.2) is 11.5 Å². The molecule has 2 aromatic carbocycles. The van der Waals surface area contributed by atoms with E-state index in [1.54, 1.807) is 6.07 Å². The van der Waals surface area contributed by atoms with Crippen molar-refractivity contribution in [3.05, 3.63) is 53.6 Å². The van der Waals surface area contributed by atoms with E-state index in [0.717, 1.165) is 41.6 Å². The van der Waals surface area contributed by atoms with Gasteiger partial charge in [0.1, 0.15) is 5.75 Å². The van der Waals surface area contributed by atoms with Gasteiger partial charge < -0.3 is 15.3 Å². The van der Waals surface area contributed by atoms with Crippen molar-refractivity contribution in [1.29, 1.82) is 0 Å². The van der Waals surface area contributed by atoms with Gasteiger partial charge in [-0.3, -0.25) is 4.90 Å². The average molecular weight is 388 g/mol. The molecule has 3 N–H and O–H groups in total. The monoisotopic (exact) mass is 387 g/mol. The third kappa shape index (κ3) is 2.15. The number of benzene rings is 2. The van der Waals surface area contributed by atoms with Crippen LogP contribution in [-0.4, -0.2) is 31.7 Å². The molecule has 1 heterocycles. The minimum atomic E-state index is -0.138. The number of fused-ring (bicyclic) bond motifs is 2. The second kappa shape index (κ2) is 5.53. The third-order valence-corrected chi connectivity index (χ3v) is 5.96. The van der Waals surface area contributed by atoms with E-state index in [0.29, 0.717) is 5.56 Å². The first-order valence-corrected chi connectivity index (χ1v) is 8.85. The molecule has 0 bridgehead atoms. The van der Waals surface area contributed by atoms with Crippen molar-refractivity contribution in [2.45, 2.75) is 23.8 Å². The van der Waals surface area contributed by atoms with Crippen molar-refractivity contribution in [3.63, 3.8) is 0 Å². The molecule has 24 heavy (non-hydrogen) atoms. The van der Waals surface area contributed by atoms with Crippen LogP contribution in [0.15, 0.2) is 36.9 Å². The van der Waals surface area contributed by atoms with Crippen molar-refractivity contribution in [2.24, 2.45) is 0 Å². The Labute approximate surface area is 148 Å². The molecule has 0 aromatic heterocycles. The number of nitrogens with zero attached hydrogens (tertiary/aromatic N) is 1. The van der Waals surface area contributed by atoms with E-state index in [-0.39, 0.29) is 28.2 Å². The summed E-state index contributed by atoms with van der Waals surface area (Å²) in [5, 5.41) is 30.4. The Bertz CT molecular complexity index is 849. The Morgan fingerprint density at radius 1 is 1.21 bits per heavy atom. The highest BCUT2D eigenvalue weighted by Gasteiger charge is 2.37. The lowest BCUT2D eigenvalue weighted by atomic mass is 9.76. The van der Waals surface area contributed by atoms with Crippen LogP contribution >= 0.6 is 15.9 Å². The fraction of sp³-hybridized carbons (Fsp3) is 0.263. The van der Waals surface area contributed by atoms with Gasteiger partial charge in [0.05, 0.1) is 4.95 Å². The van der Waals surface area contributed by atoms with E-state index in [9.17, 15) is 15.3 Å². The van der Waals surface area contributed by atoms with E-state index < -0.39 is 0 Å². The van der Waals surface area contributed by atoms with Gasteiger partial charge in [-0.05, 0) is 53.3 Å². The van der Waals surface area contributed by atoms with Crippen molar-refractivity contribution in [1.82, 2.24) is 4.90 Å². The number of phenols is 3. The molecule has 2 atom stereocenters. The van der Waals surface area contributed by atoms with Gasteiger partial charge in [-0.15, -0.1) is 6.58 Å². The lowest BCUT2D eigenvalue weighted by Crippen LogP contribution is -2.41. The summed E-state index contributed by atoms with van der Waals surface area (Å²) in [5.41, 5.74) is 4.63. The highest BCUT2D eigenvalue weighted by molar-refractivity contribution is 9.09. The maximum absolute atomic E-state index is 10.4. The first-order valence-electron chi connectivity index (χ1n) is 7.93. The summed E-state index contributed by atoms with van der Waals surface area (Å²) in [7, 11) is 0. The normalized spacial score (nSPS) is 20.1. The smallest absolute Gasteiger partial charge is 0.165 e. The SMILES string of the molecule is C=CC(Br)N1CCc2cc(O)cc3c2C1Cc1ccc(O)c(O)c1-3. The van der Waals surface area contributed by atoms with Crippen LogP contribution in [0.4, 0.5) is 0 Å². The van der Waals surface area contributed by atoms with Crippen LogP contribution in [0.1, 0.15) is 22.7 Å². The fourth-order valence-corrected chi connectivity index (χ4v) is 4.52. The molecule has 2 aliphatic rings. The number of aromatic hydroxyl groups is 3. The molecule has 0 spiro atoms. The van der Waals surface area contributed by atoms with Crippen LogP contribution in [0.25, 0.3) is 11.1 Å². The highest BCUT2D eigenvalue weighted by atomic mass is 79.9. The molecule has 4 nitrogen and oxygen atoms in total. The summed E-state index contributed by atoms with van der Waals surface area (Å²) in [6.07, 6.45) is 3.43. The lowest BCUT2D eigenvalue weighted by Gasteiger charge is -2.43. The van der Waals surface area contributed by atoms with Gasteiger partial charge in [0.2, 0.25) is 0 Å². The van der Waals surface area contributed by atoms with Crippen LogP contribution in [0.3, 0.4) is 0 Å². The first kappa shape index (κ1) is 15.5. The average Bonchev–Trinajstić information content (AvgIpc) is 2.57. The molecule has 1 aliphatic carbocycles. The van der Waals surface area contributed by atoms with Gasteiger partial charge in [-0.2, -0.15) is 0 Å². The third-order valence-electron chi connectivity index (χ3n) is 5.06. The van der Waals surface area contributed by atoms with E-state index in [1.165, 1.54) is 6.07 Å². The zero-order valence-corrected chi connectivity index (χ0v) is 14.6. The fourth-order valence-electron chi connectivity index (χ4n) is 4.03. The van der Waals surface area contributed by atoms with Crippen LogP contribution in [0.5, 0.6) is 17.2 Å². The van der Waals surface area contributed by atoms with Crippen LogP contribution in [0, 0.1) is 0 Å². The van der Waals surface area contributed by atoms with Gasteiger partial charge in [-0.1, -0.05) is 28.1 Å². The Hall–Kier alpha value is -1.98. The molecule has 0 radical (unpaired) electrons. The van der Waals surface area contributed by atoms with Crippen molar-refractivity contribution in [3.8, 4) is 28.4 Å². The zero-order valence-electron chi connectivity index (χ0n) is 13.0. The summed E-state index contributed by atoms with van der Waals surface area (Å²) in [5.74, 6) is -0.0675. The predicted octanol–water partition coefficient (Wildman–Crippen LogP) is 3.83. The molecule has 0 fully saturated rings. The molecular weight excluding hydrogens is 370 g/mol. The standard InChI is InChI=1S/C19H18BrNO3/c1-2-16(20)21-6-5-11-7-12(22)9-13-17(11)14(21)8-10-3-4-15(23)19(24)18(10)13/h2-4,7,9,14,16,22-24H,1,5-6,8H2. The van der Waals surface area contributed by atoms with E-state index in [4.69, 9.17) is 0 Å². The summed E-state index contributed by atoms with van der Waals surface area (Å²) in [4.78, 5) is 2.40. The summed E-state index contributed by atoms with van der Waals surface area (Å²) < 4.78 is 0. The Morgan fingerprint density at radius 3 is 2.75 bits per heavy atom.